The molecular weight excluding hydrogens is 337 g/mol. The van der Waals surface area contributed by atoms with Gasteiger partial charge in [0.2, 0.25) is 0 Å². The van der Waals surface area contributed by atoms with Gasteiger partial charge in [-0.3, -0.25) is 4.99 Å². The summed E-state index contributed by atoms with van der Waals surface area (Å²) in [6.45, 7) is 2.01. The van der Waals surface area contributed by atoms with E-state index in [-0.39, 0.29) is 6.04 Å². The maximum absolute atomic E-state index is 6.23. The lowest BCUT2D eigenvalue weighted by Crippen LogP contribution is -1.93. The van der Waals surface area contributed by atoms with Gasteiger partial charge in [-0.05, 0) is 47.4 Å². The molecule has 3 heteroatoms. The average Bonchev–Trinajstić information content (AvgIpc) is 2.63. The molecule has 1 atom stereocenters. The summed E-state index contributed by atoms with van der Waals surface area (Å²) in [6.07, 6.45) is 1.87. The van der Waals surface area contributed by atoms with Crippen LogP contribution in [-0.2, 0) is 0 Å². The summed E-state index contributed by atoms with van der Waals surface area (Å²) in [7, 11) is 0. The highest BCUT2D eigenvalue weighted by molar-refractivity contribution is 6.33. The maximum atomic E-state index is 6.23. The highest BCUT2D eigenvalue weighted by atomic mass is 35.5. The van der Waals surface area contributed by atoms with Gasteiger partial charge in [-0.15, -0.1) is 0 Å². The summed E-state index contributed by atoms with van der Waals surface area (Å²) in [4.78, 5) is 4.60. The van der Waals surface area contributed by atoms with Gasteiger partial charge in [0.05, 0.1) is 6.04 Å². The molecule has 0 fully saturated rings. The van der Waals surface area contributed by atoms with Gasteiger partial charge >= 0.3 is 0 Å². The van der Waals surface area contributed by atoms with E-state index in [1.807, 2.05) is 37.4 Å². The van der Waals surface area contributed by atoms with Gasteiger partial charge in [-0.1, -0.05) is 77.8 Å². The first-order valence-electron chi connectivity index (χ1n) is 7.77. The minimum Gasteiger partial charge on any atom is -0.285 e. The second-order valence-electron chi connectivity index (χ2n) is 5.61. The summed E-state index contributed by atoms with van der Waals surface area (Å²) >= 11 is 12.3. The number of nitrogens with zero attached hydrogens (tertiary/aromatic N) is 1. The number of rotatable bonds is 4. The van der Waals surface area contributed by atoms with Crippen molar-refractivity contribution in [2.24, 2.45) is 4.99 Å². The van der Waals surface area contributed by atoms with E-state index < -0.39 is 0 Å². The van der Waals surface area contributed by atoms with E-state index in [2.05, 4.69) is 41.4 Å². The standard InChI is InChI=1S/C21H17Cl2N/c1-15(20-13-19(22)11-12-21(20)23)24-14-16-7-9-18(10-8-16)17-5-3-2-4-6-17/h2-15H,1H3/b24-14-. The van der Waals surface area contributed by atoms with E-state index in [4.69, 9.17) is 23.2 Å². The second-order valence-corrected chi connectivity index (χ2v) is 6.45. The van der Waals surface area contributed by atoms with Gasteiger partial charge in [-0.25, -0.2) is 0 Å². The third-order valence-electron chi connectivity index (χ3n) is 3.87. The van der Waals surface area contributed by atoms with Crippen LogP contribution < -0.4 is 0 Å². The van der Waals surface area contributed by atoms with Crippen molar-refractivity contribution in [1.29, 1.82) is 0 Å². The Balaban J connectivity index is 1.76. The van der Waals surface area contributed by atoms with Gasteiger partial charge in [0.1, 0.15) is 0 Å². The largest absolute Gasteiger partial charge is 0.285 e. The number of aliphatic imine (C=N–C) groups is 1. The predicted octanol–water partition coefficient (Wildman–Crippen LogP) is 6.84. The number of hydrogen-bond acceptors (Lipinski definition) is 1. The van der Waals surface area contributed by atoms with Crippen LogP contribution in [0.3, 0.4) is 0 Å². The fraction of sp³-hybridized carbons (Fsp3) is 0.0952. The first-order chi connectivity index (χ1) is 11.6. The Hall–Kier alpha value is -2.09. The molecule has 0 spiro atoms. The van der Waals surface area contributed by atoms with Crippen LogP contribution in [0.5, 0.6) is 0 Å². The van der Waals surface area contributed by atoms with Gasteiger partial charge in [0.25, 0.3) is 0 Å². The van der Waals surface area contributed by atoms with Gasteiger partial charge in [0, 0.05) is 16.3 Å². The van der Waals surface area contributed by atoms with E-state index in [0.29, 0.717) is 10.0 Å². The number of halogens is 2. The Morgan fingerprint density at radius 3 is 2.21 bits per heavy atom. The topological polar surface area (TPSA) is 12.4 Å². The predicted molar refractivity (Wildman–Crippen MR) is 104 cm³/mol. The molecule has 0 radical (unpaired) electrons. The van der Waals surface area contributed by atoms with E-state index in [0.717, 1.165) is 11.1 Å². The Bertz CT molecular complexity index is 839. The molecule has 0 aliphatic rings. The average molecular weight is 354 g/mol. The summed E-state index contributed by atoms with van der Waals surface area (Å²) in [6, 6.07) is 24.1. The van der Waals surface area contributed by atoms with Crippen molar-refractivity contribution in [3.63, 3.8) is 0 Å². The molecule has 0 N–H and O–H groups in total. The minimum absolute atomic E-state index is 0.0509. The molecule has 0 amide bonds. The van der Waals surface area contributed by atoms with Crippen molar-refractivity contribution in [3.05, 3.63) is 94.0 Å². The lowest BCUT2D eigenvalue weighted by Gasteiger charge is -2.09. The molecule has 3 aromatic carbocycles. The Morgan fingerprint density at radius 2 is 1.50 bits per heavy atom. The molecule has 0 bridgehead atoms. The van der Waals surface area contributed by atoms with E-state index in [9.17, 15) is 0 Å². The van der Waals surface area contributed by atoms with Gasteiger partial charge in [0.15, 0.2) is 0 Å². The van der Waals surface area contributed by atoms with Crippen LogP contribution in [0.4, 0.5) is 0 Å². The molecule has 1 nitrogen and oxygen atoms in total. The highest BCUT2D eigenvalue weighted by Gasteiger charge is 2.08. The SMILES string of the molecule is CC(/N=C\c1ccc(-c2ccccc2)cc1)c1cc(Cl)ccc1Cl. The molecule has 0 aromatic heterocycles. The quantitative estimate of drug-likeness (QED) is 0.455. The normalized spacial score (nSPS) is 12.5. The second kappa shape index (κ2) is 7.65. The van der Waals surface area contributed by atoms with Crippen LogP contribution in [0.25, 0.3) is 11.1 Å². The van der Waals surface area contributed by atoms with E-state index >= 15 is 0 Å². The molecule has 0 saturated heterocycles. The van der Waals surface area contributed by atoms with Gasteiger partial charge in [-0.2, -0.15) is 0 Å². The van der Waals surface area contributed by atoms with Crippen LogP contribution >= 0.6 is 23.2 Å². The van der Waals surface area contributed by atoms with Crippen LogP contribution in [0.2, 0.25) is 10.0 Å². The fourth-order valence-corrected chi connectivity index (χ4v) is 2.96. The Morgan fingerprint density at radius 1 is 0.833 bits per heavy atom. The van der Waals surface area contributed by atoms with Crippen molar-refractivity contribution in [2.45, 2.75) is 13.0 Å². The molecule has 0 aliphatic heterocycles. The Kier molecular flexibility index (Phi) is 5.34. The third kappa shape index (κ3) is 4.05. The van der Waals surface area contributed by atoms with Crippen molar-refractivity contribution >= 4 is 29.4 Å². The zero-order valence-electron chi connectivity index (χ0n) is 13.3. The smallest absolute Gasteiger partial charge is 0.0736 e. The van der Waals surface area contributed by atoms with E-state index in [1.165, 1.54) is 11.1 Å². The fourth-order valence-electron chi connectivity index (χ4n) is 2.51. The molecule has 24 heavy (non-hydrogen) atoms. The molecule has 3 aromatic rings. The summed E-state index contributed by atoms with van der Waals surface area (Å²) in [5.74, 6) is 0. The number of hydrogen-bond donors (Lipinski definition) is 0. The van der Waals surface area contributed by atoms with Crippen LogP contribution in [0.1, 0.15) is 24.1 Å². The van der Waals surface area contributed by atoms with Crippen LogP contribution in [-0.4, -0.2) is 6.21 Å². The minimum atomic E-state index is -0.0509. The van der Waals surface area contributed by atoms with Crippen LogP contribution in [0, 0.1) is 0 Å². The first-order valence-corrected chi connectivity index (χ1v) is 8.53. The Labute approximate surface area is 152 Å². The molecule has 0 saturated carbocycles. The highest BCUT2D eigenvalue weighted by Crippen LogP contribution is 2.28. The van der Waals surface area contributed by atoms with Gasteiger partial charge < -0.3 is 0 Å². The van der Waals surface area contributed by atoms with E-state index in [1.54, 1.807) is 12.1 Å². The summed E-state index contributed by atoms with van der Waals surface area (Å²) in [5.41, 5.74) is 4.39. The molecule has 120 valence electrons. The maximum Gasteiger partial charge on any atom is 0.0736 e. The van der Waals surface area contributed by atoms with Crippen molar-refractivity contribution < 1.29 is 0 Å². The molecular formula is C21H17Cl2N. The van der Waals surface area contributed by atoms with Crippen LogP contribution in [0.15, 0.2) is 77.8 Å². The van der Waals surface area contributed by atoms with Crippen molar-refractivity contribution in [3.8, 4) is 11.1 Å². The number of benzene rings is 3. The van der Waals surface area contributed by atoms with Crippen molar-refractivity contribution in [1.82, 2.24) is 0 Å². The monoisotopic (exact) mass is 353 g/mol. The lowest BCUT2D eigenvalue weighted by atomic mass is 10.0. The third-order valence-corrected chi connectivity index (χ3v) is 4.45. The molecule has 3 rings (SSSR count). The zero-order chi connectivity index (χ0) is 16.9. The molecule has 1 unspecified atom stereocenters. The molecule has 0 aliphatic carbocycles. The van der Waals surface area contributed by atoms with Crippen molar-refractivity contribution in [2.75, 3.05) is 0 Å². The summed E-state index contributed by atoms with van der Waals surface area (Å²) < 4.78 is 0. The first kappa shape index (κ1) is 16.8. The lowest BCUT2D eigenvalue weighted by molar-refractivity contribution is 0.825. The molecule has 0 heterocycles. The summed E-state index contributed by atoms with van der Waals surface area (Å²) in [5, 5.41) is 1.35. The zero-order valence-corrected chi connectivity index (χ0v) is 14.8.